The quantitative estimate of drug-likeness (QED) is 0.638. The van der Waals surface area contributed by atoms with Crippen LogP contribution in [-0.2, 0) is 19.1 Å². The summed E-state index contributed by atoms with van der Waals surface area (Å²) in [6.45, 7) is 1.41. The molecule has 0 amide bonds. The highest BCUT2D eigenvalue weighted by Crippen LogP contribution is 2.49. The van der Waals surface area contributed by atoms with Crippen LogP contribution in [0.3, 0.4) is 0 Å². The molecular weight excluding hydrogens is 196 g/mol. The fraction of sp³-hybridized carbons (Fsp3) is 0.727. The van der Waals surface area contributed by atoms with Gasteiger partial charge in [0.05, 0.1) is 13.0 Å². The zero-order valence-corrected chi connectivity index (χ0v) is 8.93. The van der Waals surface area contributed by atoms with Crippen LogP contribution in [0.4, 0.5) is 0 Å². The van der Waals surface area contributed by atoms with Gasteiger partial charge in [0.25, 0.3) is 0 Å². The fourth-order valence-electron chi connectivity index (χ4n) is 2.74. The summed E-state index contributed by atoms with van der Waals surface area (Å²) >= 11 is 0. The van der Waals surface area contributed by atoms with E-state index in [0.29, 0.717) is 5.92 Å². The Morgan fingerprint density at radius 2 is 2.07 bits per heavy atom. The van der Waals surface area contributed by atoms with Crippen LogP contribution in [0, 0.1) is 24.2 Å². The smallest absolute Gasteiger partial charge is 0.308 e. The third-order valence-corrected chi connectivity index (χ3v) is 3.36. The number of methoxy groups -OCH3 is 1. The number of ether oxygens (including phenoxy) is 2. The van der Waals surface area contributed by atoms with Crippen LogP contribution in [-0.4, -0.2) is 25.2 Å². The van der Waals surface area contributed by atoms with Gasteiger partial charge in [0.15, 0.2) is 0 Å². The average Bonchev–Trinajstić information content (AvgIpc) is 2.74. The lowest BCUT2D eigenvalue weighted by molar-refractivity contribution is -0.149. The van der Waals surface area contributed by atoms with Gasteiger partial charge < -0.3 is 9.47 Å². The molecule has 0 N–H and O–H groups in total. The van der Waals surface area contributed by atoms with Gasteiger partial charge in [-0.1, -0.05) is 0 Å². The molecule has 83 valence electrons. The van der Waals surface area contributed by atoms with Crippen molar-refractivity contribution in [2.75, 3.05) is 7.11 Å². The van der Waals surface area contributed by atoms with Crippen LogP contribution in [0.2, 0.25) is 0 Å². The summed E-state index contributed by atoms with van der Waals surface area (Å²) in [6.07, 6.45) is 3.62. The Kier molecular flexibility index (Phi) is 2.67. The van der Waals surface area contributed by atoms with E-state index >= 15 is 0 Å². The van der Waals surface area contributed by atoms with E-state index in [1.807, 2.05) is 6.42 Å². The summed E-state index contributed by atoms with van der Waals surface area (Å²) in [5.41, 5.74) is 0. The van der Waals surface area contributed by atoms with Crippen LogP contribution in [0.5, 0.6) is 0 Å². The summed E-state index contributed by atoms with van der Waals surface area (Å²) in [6, 6.07) is 0. The second-order valence-corrected chi connectivity index (χ2v) is 4.29. The number of esters is 2. The minimum absolute atomic E-state index is 0.0215. The summed E-state index contributed by atoms with van der Waals surface area (Å²) in [7, 11) is 1.41. The van der Waals surface area contributed by atoms with E-state index in [1.54, 1.807) is 0 Å². The first kappa shape index (κ1) is 10.5. The molecule has 2 fully saturated rings. The molecule has 1 radical (unpaired) electrons. The molecule has 2 bridgehead atoms. The zero-order valence-electron chi connectivity index (χ0n) is 8.93. The number of hydrogen-bond donors (Lipinski definition) is 0. The van der Waals surface area contributed by atoms with Crippen LogP contribution in [0.1, 0.15) is 19.8 Å². The Labute approximate surface area is 88.9 Å². The van der Waals surface area contributed by atoms with Crippen molar-refractivity contribution in [1.29, 1.82) is 0 Å². The van der Waals surface area contributed by atoms with Crippen molar-refractivity contribution in [3.05, 3.63) is 6.42 Å². The lowest BCUT2D eigenvalue weighted by Crippen LogP contribution is -2.31. The van der Waals surface area contributed by atoms with Gasteiger partial charge >= 0.3 is 11.9 Å². The lowest BCUT2D eigenvalue weighted by atomic mass is 9.87. The van der Waals surface area contributed by atoms with Crippen LogP contribution in [0.15, 0.2) is 0 Å². The van der Waals surface area contributed by atoms with Crippen molar-refractivity contribution in [2.45, 2.75) is 25.9 Å². The van der Waals surface area contributed by atoms with Gasteiger partial charge in [0, 0.05) is 13.3 Å². The van der Waals surface area contributed by atoms with Gasteiger partial charge in [0.1, 0.15) is 6.10 Å². The zero-order chi connectivity index (χ0) is 11.0. The molecule has 15 heavy (non-hydrogen) atoms. The molecule has 4 atom stereocenters. The number of carbonyl (C=O) groups excluding carboxylic acids is 2. The van der Waals surface area contributed by atoms with Crippen LogP contribution < -0.4 is 0 Å². The second-order valence-electron chi connectivity index (χ2n) is 4.29. The molecular formula is C11H15O4. The largest absolute Gasteiger partial charge is 0.469 e. The molecule has 2 aliphatic carbocycles. The van der Waals surface area contributed by atoms with Crippen LogP contribution >= 0.6 is 0 Å². The van der Waals surface area contributed by atoms with Crippen molar-refractivity contribution in [1.82, 2.24) is 0 Å². The molecule has 0 aliphatic heterocycles. The van der Waals surface area contributed by atoms with Gasteiger partial charge in [0.2, 0.25) is 0 Å². The monoisotopic (exact) mass is 211 g/mol. The molecule has 4 nitrogen and oxygen atoms in total. The first-order valence-corrected chi connectivity index (χ1v) is 5.22. The van der Waals surface area contributed by atoms with E-state index in [4.69, 9.17) is 9.47 Å². The van der Waals surface area contributed by atoms with E-state index in [-0.39, 0.29) is 29.9 Å². The molecule has 0 aromatic heterocycles. The number of carbonyl (C=O) groups is 2. The Morgan fingerprint density at radius 3 is 2.53 bits per heavy atom. The first-order chi connectivity index (χ1) is 7.11. The molecule has 2 saturated carbocycles. The van der Waals surface area contributed by atoms with Crippen molar-refractivity contribution in [2.24, 2.45) is 17.8 Å². The Balaban J connectivity index is 1.94. The first-order valence-electron chi connectivity index (χ1n) is 5.22. The summed E-state index contributed by atoms with van der Waals surface area (Å²) in [5, 5.41) is 0. The van der Waals surface area contributed by atoms with Gasteiger partial charge in [-0.25, -0.2) is 0 Å². The number of rotatable bonds is 2. The van der Waals surface area contributed by atoms with E-state index in [1.165, 1.54) is 14.0 Å². The predicted molar refractivity (Wildman–Crippen MR) is 51.6 cm³/mol. The van der Waals surface area contributed by atoms with E-state index < -0.39 is 0 Å². The van der Waals surface area contributed by atoms with E-state index in [0.717, 1.165) is 12.8 Å². The summed E-state index contributed by atoms with van der Waals surface area (Å²) < 4.78 is 9.90. The van der Waals surface area contributed by atoms with E-state index in [2.05, 4.69) is 0 Å². The minimum atomic E-state index is -0.251. The van der Waals surface area contributed by atoms with Crippen molar-refractivity contribution >= 4 is 11.9 Å². The molecule has 0 aromatic carbocycles. The Hall–Kier alpha value is -1.06. The maximum absolute atomic E-state index is 11.4. The molecule has 2 aliphatic rings. The Bertz CT molecular complexity index is 286. The predicted octanol–water partition coefficient (Wildman–Crippen LogP) is 0.951. The fourth-order valence-corrected chi connectivity index (χ4v) is 2.74. The maximum Gasteiger partial charge on any atom is 0.308 e. The maximum atomic E-state index is 11.4. The number of fused-ring (bicyclic) bond motifs is 2. The molecule has 0 heterocycles. The Morgan fingerprint density at radius 1 is 1.33 bits per heavy atom. The van der Waals surface area contributed by atoms with Crippen molar-refractivity contribution in [3.63, 3.8) is 0 Å². The molecule has 4 heteroatoms. The average molecular weight is 211 g/mol. The third kappa shape index (κ3) is 1.85. The van der Waals surface area contributed by atoms with Crippen LogP contribution in [0.25, 0.3) is 0 Å². The lowest BCUT2D eigenvalue weighted by Gasteiger charge is -2.25. The van der Waals surface area contributed by atoms with Gasteiger partial charge in [-0.15, -0.1) is 0 Å². The molecule has 0 saturated heterocycles. The SMILES string of the molecule is COC(=O)[C@@H]1C[C@@H]2C[C@H]1[CH][C@H]2OC(C)=O. The second kappa shape index (κ2) is 3.83. The highest BCUT2D eigenvalue weighted by atomic mass is 16.5. The molecule has 0 aromatic rings. The molecule has 0 spiro atoms. The molecule has 2 rings (SSSR count). The van der Waals surface area contributed by atoms with Gasteiger partial charge in [-0.2, -0.15) is 0 Å². The highest BCUT2D eigenvalue weighted by Gasteiger charge is 2.50. The number of hydrogen-bond acceptors (Lipinski definition) is 4. The van der Waals surface area contributed by atoms with Gasteiger partial charge in [-0.05, 0) is 24.7 Å². The highest BCUT2D eigenvalue weighted by molar-refractivity contribution is 5.74. The van der Waals surface area contributed by atoms with E-state index in [9.17, 15) is 9.59 Å². The standard InChI is InChI=1S/C11H15O4/c1-6(12)15-10-5-7-3-8(10)4-9(7)11(13)14-2/h5,7-10H,3-4H2,1-2H3/t7-,8-,9+,10+/m0/s1. The van der Waals surface area contributed by atoms with Crippen molar-refractivity contribution in [3.8, 4) is 0 Å². The normalized spacial score (nSPS) is 37.7. The topological polar surface area (TPSA) is 52.6 Å². The summed E-state index contributed by atoms with van der Waals surface area (Å²) in [5.74, 6) is 0.125. The summed E-state index contributed by atoms with van der Waals surface area (Å²) in [4.78, 5) is 22.2. The minimum Gasteiger partial charge on any atom is -0.469 e. The van der Waals surface area contributed by atoms with Crippen molar-refractivity contribution < 1.29 is 19.1 Å². The molecule has 0 unspecified atom stereocenters. The van der Waals surface area contributed by atoms with Gasteiger partial charge in [-0.3, -0.25) is 9.59 Å². The third-order valence-electron chi connectivity index (χ3n) is 3.36.